The van der Waals surface area contributed by atoms with Crippen LogP contribution in [0.25, 0.3) is 0 Å². The Hall–Kier alpha value is -2.22. The van der Waals surface area contributed by atoms with Crippen LogP contribution in [-0.2, 0) is 25.1 Å². The standard InChI is InChI=1S/C22H25NO5S/c24-21(23-11-9-18(10-12-23)22-27-13-14-28-22)19-6-4-5-17(15-19)16-29(25,26)20-7-2-1-3-8-20/h1-8,15,18,22H,9-14,16H2. The molecule has 0 aliphatic carbocycles. The molecule has 0 unspecified atom stereocenters. The van der Waals surface area contributed by atoms with Gasteiger partial charge in [-0.3, -0.25) is 4.79 Å². The molecule has 29 heavy (non-hydrogen) atoms. The van der Waals surface area contributed by atoms with Crippen molar-refractivity contribution in [3.8, 4) is 0 Å². The van der Waals surface area contributed by atoms with Crippen LogP contribution in [-0.4, -0.2) is 51.8 Å². The minimum atomic E-state index is -3.45. The lowest BCUT2D eigenvalue weighted by Gasteiger charge is -2.34. The lowest BCUT2D eigenvalue weighted by atomic mass is 9.95. The van der Waals surface area contributed by atoms with Crippen LogP contribution in [0.3, 0.4) is 0 Å². The van der Waals surface area contributed by atoms with E-state index in [0.717, 1.165) is 12.8 Å². The number of benzene rings is 2. The zero-order valence-electron chi connectivity index (χ0n) is 16.2. The predicted octanol–water partition coefficient (Wildman–Crippen LogP) is 2.89. The summed E-state index contributed by atoms with van der Waals surface area (Å²) < 4.78 is 36.4. The number of piperidine rings is 1. The van der Waals surface area contributed by atoms with Crippen molar-refractivity contribution in [2.24, 2.45) is 5.92 Å². The summed E-state index contributed by atoms with van der Waals surface area (Å²) in [5, 5.41) is 0. The molecular weight excluding hydrogens is 390 g/mol. The fraction of sp³-hybridized carbons (Fsp3) is 0.409. The lowest BCUT2D eigenvalue weighted by Crippen LogP contribution is -2.41. The van der Waals surface area contributed by atoms with Gasteiger partial charge in [0.2, 0.25) is 0 Å². The van der Waals surface area contributed by atoms with E-state index < -0.39 is 9.84 Å². The number of carbonyl (C=O) groups excluding carboxylic acids is 1. The summed E-state index contributed by atoms with van der Waals surface area (Å²) in [7, 11) is -3.45. The zero-order valence-corrected chi connectivity index (χ0v) is 17.0. The first-order valence-electron chi connectivity index (χ1n) is 9.92. The molecule has 2 aliphatic rings. The number of amides is 1. The first-order chi connectivity index (χ1) is 14.0. The Morgan fingerprint density at radius 3 is 2.34 bits per heavy atom. The van der Waals surface area contributed by atoms with Crippen LogP contribution >= 0.6 is 0 Å². The molecule has 2 aromatic carbocycles. The molecule has 4 rings (SSSR count). The minimum absolute atomic E-state index is 0.0596. The zero-order chi connectivity index (χ0) is 20.3. The summed E-state index contributed by atoms with van der Waals surface area (Å²) in [4.78, 5) is 15.0. The van der Waals surface area contributed by atoms with Gasteiger partial charge in [-0.05, 0) is 42.7 Å². The number of hydrogen-bond donors (Lipinski definition) is 0. The van der Waals surface area contributed by atoms with E-state index in [1.165, 1.54) is 0 Å². The highest BCUT2D eigenvalue weighted by Crippen LogP contribution is 2.27. The molecule has 2 fully saturated rings. The number of rotatable bonds is 5. The van der Waals surface area contributed by atoms with E-state index in [0.29, 0.717) is 43.3 Å². The fourth-order valence-corrected chi connectivity index (χ4v) is 5.29. The van der Waals surface area contributed by atoms with Crippen molar-refractivity contribution in [1.29, 1.82) is 0 Å². The Morgan fingerprint density at radius 2 is 1.66 bits per heavy atom. The SMILES string of the molecule is O=C(c1cccc(CS(=O)(=O)c2ccccc2)c1)N1CCC(C2OCCO2)CC1. The highest BCUT2D eigenvalue weighted by atomic mass is 32.2. The van der Waals surface area contributed by atoms with Gasteiger partial charge in [-0.1, -0.05) is 30.3 Å². The van der Waals surface area contributed by atoms with Gasteiger partial charge in [0.05, 0.1) is 23.9 Å². The molecule has 0 bridgehead atoms. The molecule has 2 heterocycles. The summed E-state index contributed by atoms with van der Waals surface area (Å²) in [6, 6.07) is 15.3. The predicted molar refractivity (Wildman–Crippen MR) is 108 cm³/mol. The Labute approximate surface area is 171 Å². The molecule has 2 aromatic rings. The third kappa shape index (κ3) is 4.69. The molecule has 0 radical (unpaired) electrons. The molecule has 7 heteroatoms. The molecule has 0 spiro atoms. The maximum absolute atomic E-state index is 12.9. The first-order valence-corrected chi connectivity index (χ1v) is 11.6. The Bertz CT molecular complexity index is 946. The van der Waals surface area contributed by atoms with Crippen LogP contribution in [0.1, 0.15) is 28.8 Å². The second-order valence-corrected chi connectivity index (χ2v) is 9.50. The number of nitrogens with zero attached hydrogens (tertiary/aromatic N) is 1. The fourth-order valence-electron chi connectivity index (χ4n) is 3.93. The van der Waals surface area contributed by atoms with Gasteiger partial charge in [-0.2, -0.15) is 0 Å². The normalized spacial score (nSPS) is 18.8. The van der Waals surface area contributed by atoms with Gasteiger partial charge in [0.25, 0.3) is 5.91 Å². The van der Waals surface area contributed by atoms with Crippen LogP contribution in [0.15, 0.2) is 59.5 Å². The monoisotopic (exact) mass is 415 g/mol. The van der Waals surface area contributed by atoms with E-state index in [-0.39, 0.29) is 22.8 Å². The third-order valence-corrected chi connectivity index (χ3v) is 7.20. The summed E-state index contributed by atoms with van der Waals surface area (Å²) in [5.74, 6) is 0.135. The Morgan fingerprint density at radius 1 is 0.966 bits per heavy atom. The van der Waals surface area contributed by atoms with Crippen molar-refractivity contribution in [2.45, 2.75) is 29.8 Å². The molecular formula is C22H25NO5S. The third-order valence-electron chi connectivity index (χ3n) is 5.49. The average molecular weight is 416 g/mol. The summed E-state index contributed by atoms with van der Waals surface area (Å²) >= 11 is 0. The largest absolute Gasteiger partial charge is 0.350 e. The minimum Gasteiger partial charge on any atom is -0.350 e. The molecule has 0 saturated carbocycles. The molecule has 154 valence electrons. The molecule has 2 aliphatic heterocycles. The highest BCUT2D eigenvalue weighted by molar-refractivity contribution is 7.90. The van der Waals surface area contributed by atoms with E-state index in [1.54, 1.807) is 54.6 Å². The van der Waals surface area contributed by atoms with Crippen molar-refractivity contribution >= 4 is 15.7 Å². The molecule has 0 aromatic heterocycles. The van der Waals surface area contributed by atoms with Gasteiger partial charge in [0.1, 0.15) is 0 Å². The van der Waals surface area contributed by atoms with Gasteiger partial charge in [-0.25, -0.2) is 8.42 Å². The van der Waals surface area contributed by atoms with Crippen molar-refractivity contribution < 1.29 is 22.7 Å². The molecule has 2 saturated heterocycles. The Balaban J connectivity index is 1.41. The number of hydrogen-bond acceptors (Lipinski definition) is 5. The second kappa shape index (κ2) is 8.65. The Kier molecular flexibility index (Phi) is 5.99. The first kappa shape index (κ1) is 20.1. The molecule has 0 atom stereocenters. The van der Waals surface area contributed by atoms with Crippen molar-refractivity contribution in [1.82, 2.24) is 4.90 Å². The van der Waals surface area contributed by atoms with Crippen molar-refractivity contribution in [3.05, 3.63) is 65.7 Å². The van der Waals surface area contributed by atoms with E-state index in [1.807, 2.05) is 4.90 Å². The lowest BCUT2D eigenvalue weighted by molar-refractivity contribution is -0.0956. The van der Waals surface area contributed by atoms with E-state index in [2.05, 4.69) is 0 Å². The molecule has 6 nitrogen and oxygen atoms in total. The van der Waals surface area contributed by atoms with Gasteiger partial charge >= 0.3 is 0 Å². The summed E-state index contributed by atoms with van der Waals surface area (Å²) in [6.07, 6.45) is 1.55. The van der Waals surface area contributed by atoms with Crippen LogP contribution < -0.4 is 0 Å². The van der Waals surface area contributed by atoms with Crippen LogP contribution in [0, 0.1) is 5.92 Å². The average Bonchev–Trinajstić information content (AvgIpc) is 3.29. The van der Waals surface area contributed by atoms with Gasteiger partial charge in [0.15, 0.2) is 16.1 Å². The maximum Gasteiger partial charge on any atom is 0.253 e. The van der Waals surface area contributed by atoms with Crippen molar-refractivity contribution in [3.63, 3.8) is 0 Å². The van der Waals surface area contributed by atoms with Crippen LogP contribution in [0.2, 0.25) is 0 Å². The maximum atomic E-state index is 12.9. The van der Waals surface area contributed by atoms with Crippen LogP contribution in [0.5, 0.6) is 0 Å². The number of likely N-dealkylation sites (tertiary alicyclic amines) is 1. The molecule has 1 amide bonds. The second-order valence-electron chi connectivity index (χ2n) is 7.51. The van der Waals surface area contributed by atoms with Crippen molar-refractivity contribution in [2.75, 3.05) is 26.3 Å². The van der Waals surface area contributed by atoms with Crippen LogP contribution in [0.4, 0.5) is 0 Å². The summed E-state index contributed by atoms with van der Waals surface area (Å²) in [5.41, 5.74) is 1.14. The van der Waals surface area contributed by atoms with E-state index in [9.17, 15) is 13.2 Å². The topological polar surface area (TPSA) is 72.9 Å². The quantitative estimate of drug-likeness (QED) is 0.751. The number of carbonyl (C=O) groups is 1. The number of ether oxygens (including phenoxy) is 2. The van der Waals surface area contributed by atoms with Gasteiger partial charge in [-0.15, -0.1) is 0 Å². The van der Waals surface area contributed by atoms with Gasteiger partial charge < -0.3 is 14.4 Å². The van der Waals surface area contributed by atoms with E-state index in [4.69, 9.17) is 9.47 Å². The van der Waals surface area contributed by atoms with Gasteiger partial charge in [0, 0.05) is 24.6 Å². The van der Waals surface area contributed by atoms with E-state index >= 15 is 0 Å². The summed E-state index contributed by atoms with van der Waals surface area (Å²) in [6.45, 7) is 2.59. The molecule has 0 N–H and O–H groups in total. The smallest absolute Gasteiger partial charge is 0.253 e. The number of sulfone groups is 1. The highest BCUT2D eigenvalue weighted by Gasteiger charge is 2.32.